The SMILES string of the molecule is COc1ccc(NC(=O)c2cc(CNC(=O)C(C)(C)C)ccc2Cl)cc1C(=O)CC1CCCCC1. The van der Waals surface area contributed by atoms with Gasteiger partial charge < -0.3 is 15.4 Å². The van der Waals surface area contributed by atoms with Crippen molar-refractivity contribution in [3.05, 3.63) is 58.1 Å². The first-order chi connectivity index (χ1) is 16.6. The lowest BCUT2D eigenvalue weighted by atomic mass is 9.84. The molecule has 0 unspecified atom stereocenters. The van der Waals surface area contributed by atoms with E-state index in [9.17, 15) is 14.4 Å². The number of benzene rings is 2. The van der Waals surface area contributed by atoms with Crippen LogP contribution in [0.25, 0.3) is 0 Å². The maximum Gasteiger partial charge on any atom is 0.257 e. The zero-order chi connectivity index (χ0) is 25.6. The predicted molar refractivity (Wildman–Crippen MR) is 139 cm³/mol. The molecule has 0 saturated heterocycles. The van der Waals surface area contributed by atoms with E-state index in [1.54, 1.807) is 36.4 Å². The molecular weight excluding hydrogens is 464 g/mol. The number of hydrogen-bond acceptors (Lipinski definition) is 4. The highest BCUT2D eigenvalue weighted by atomic mass is 35.5. The van der Waals surface area contributed by atoms with E-state index in [0.717, 1.165) is 18.4 Å². The fraction of sp³-hybridized carbons (Fsp3) is 0.464. The van der Waals surface area contributed by atoms with Crippen molar-refractivity contribution >= 4 is 34.9 Å². The second-order valence-electron chi connectivity index (χ2n) is 10.2. The minimum Gasteiger partial charge on any atom is -0.496 e. The van der Waals surface area contributed by atoms with Crippen LogP contribution in [0.3, 0.4) is 0 Å². The van der Waals surface area contributed by atoms with Gasteiger partial charge in [0.25, 0.3) is 5.91 Å². The molecule has 0 atom stereocenters. The molecule has 1 fully saturated rings. The third kappa shape index (κ3) is 7.31. The Kier molecular flexibility index (Phi) is 8.95. The van der Waals surface area contributed by atoms with Crippen LogP contribution in [0, 0.1) is 11.3 Å². The number of ketones is 1. The number of carbonyl (C=O) groups excluding carboxylic acids is 3. The summed E-state index contributed by atoms with van der Waals surface area (Å²) >= 11 is 6.31. The van der Waals surface area contributed by atoms with Crippen molar-refractivity contribution in [2.45, 2.75) is 65.8 Å². The number of hydrogen-bond donors (Lipinski definition) is 2. The van der Waals surface area contributed by atoms with Crippen molar-refractivity contribution in [2.24, 2.45) is 11.3 Å². The molecule has 7 heteroatoms. The number of carbonyl (C=O) groups is 3. The van der Waals surface area contributed by atoms with Gasteiger partial charge in [0, 0.05) is 24.1 Å². The molecule has 2 N–H and O–H groups in total. The largest absolute Gasteiger partial charge is 0.496 e. The molecule has 1 aliphatic rings. The first-order valence-electron chi connectivity index (χ1n) is 12.2. The average Bonchev–Trinajstić information content (AvgIpc) is 2.83. The summed E-state index contributed by atoms with van der Waals surface area (Å²) in [5, 5.41) is 6.02. The van der Waals surface area contributed by atoms with Crippen molar-refractivity contribution in [3.8, 4) is 5.75 Å². The summed E-state index contributed by atoms with van der Waals surface area (Å²) in [5.41, 5.74) is 1.51. The van der Waals surface area contributed by atoms with Crippen LogP contribution in [0.1, 0.15) is 85.6 Å². The fourth-order valence-electron chi connectivity index (χ4n) is 4.27. The van der Waals surface area contributed by atoms with Gasteiger partial charge in [-0.3, -0.25) is 14.4 Å². The van der Waals surface area contributed by atoms with E-state index in [2.05, 4.69) is 10.6 Å². The molecule has 0 aromatic heterocycles. The molecule has 2 aromatic rings. The predicted octanol–water partition coefficient (Wildman–Crippen LogP) is 6.42. The molecule has 188 valence electrons. The number of rotatable bonds is 8. The van der Waals surface area contributed by atoms with Gasteiger partial charge in [0.1, 0.15) is 5.75 Å². The lowest BCUT2D eigenvalue weighted by Crippen LogP contribution is -2.34. The van der Waals surface area contributed by atoms with Crippen LogP contribution < -0.4 is 15.4 Å². The van der Waals surface area contributed by atoms with Crippen molar-refractivity contribution in [2.75, 3.05) is 12.4 Å². The van der Waals surface area contributed by atoms with E-state index in [-0.39, 0.29) is 18.2 Å². The molecule has 3 rings (SSSR count). The third-order valence-electron chi connectivity index (χ3n) is 6.37. The first-order valence-corrected chi connectivity index (χ1v) is 12.6. The summed E-state index contributed by atoms with van der Waals surface area (Å²) in [4.78, 5) is 38.3. The Morgan fingerprint density at radius 2 is 1.71 bits per heavy atom. The molecule has 0 radical (unpaired) electrons. The Balaban J connectivity index is 1.73. The number of halogens is 1. The summed E-state index contributed by atoms with van der Waals surface area (Å²) in [6, 6.07) is 10.2. The maximum atomic E-state index is 13.0. The molecule has 0 bridgehead atoms. The monoisotopic (exact) mass is 498 g/mol. The van der Waals surface area contributed by atoms with Gasteiger partial charge in [-0.25, -0.2) is 0 Å². The van der Waals surface area contributed by atoms with E-state index < -0.39 is 11.3 Å². The smallest absolute Gasteiger partial charge is 0.257 e. The second kappa shape index (κ2) is 11.7. The Hall–Kier alpha value is -2.86. The van der Waals surface area contributed by atoms with E-state index in [1.165, 1.54) is 26.4 Å². The zero-order valence-electron chi connectivity index (χ0n) is 21.0. The molecule has 2 amide bonds. The molecule has 35 heavy (non-hydrogen) atoms. The van der Waals surface area contributed by atoms with Gasteiger partial charge in [-0.1, -0.05) is 70.5 Å². The van der Waals surface area contributed by atoms with Gasteiger partial charge in [-0.05, 0) is 41.8 Å². The minimum absolute atomic E-state index is 0.0273. The highest BCUT2D eigenvalue weighted by Crippen LogP contribution is 2.31. The van der Waals surface area contributed by atoms with E-state index in [1.807, 2.05) is 20.8 Å². The summed E-state index contributed by atoms with van der Waals surface area (Å²) in [5.74, 6) is 0.453. The third-order valence-corrected chi connectivity index (χ3v) is 6.70. The fourth-order valence-corrected chi connectivity index (χ4v) is 4.47. The van der Waals surface area contributed by atoms with Crippen LogP contribution in [0.15, 0.2) is 36.4 Å². The first kappa shape index (κ1) is 26.7. The number of Topliss-reactive ketones (excluding diaryl/α,β-unsaturated/α-hetero) is 1. The molecule has 1 aliphatic carbocycles. The Morgan fingerprint density at radius 1 is 1.00 bits per heavy atom. The van der Waals surface area contributed by atoms with Crippen LogP contribution in [0.5, 0.6) is 5.75 Å². The highest BCUT2D eigenvalue weighted by molar-refractivity contribution is 6.34. The molecule has 6 nitrogen and oxygen atoms in total. The van der Waals surface area contributed by atoms with Crippen LogP contribution in [-0.2, 0) is 11.3 Å². The van der Waals surface area contributed by atoms with Gasteiger partial charge in [-0.2, -0.15) is 0 Å². The molecule has 2 aromatic carbocycles. The molecule has 1 saturated carbocycles. The molecule has 0 spiro atoms. The molecule has 0 aliphatic heterocycles. The topological polar surface area (TPSA) is 84.5 Å². The Morgan fingerprint density at radius 3 is 2.37 bits per heavy atom. The van der Waals surface area contributed by atoms with Crippen molar-refractivity contribution in [3.63, 3.8) is 0 Å². The average molecular weight is 499 g/mol. The van der Waals surface area contributed by atoms with Crippen molar-refractivity contribution in [1.82, 2.24) is 5.32 Å². The zero-order valence-corrected chi connectivity index (χ0v) is 21.8. The van der Waals surface area contributed by atoms with Gasteiger partial charge in [0.2, 0.25) is 5.91 Å². The molecule has 0 heterocycles. The minimum atomic E-state index is -0.507. The van der Waals surface area contributed by atoms with Crippen LogP contribution in [0.2, 0.25) is 5.02 Å². The van der Waals surface area contributed by atoms with Gasteiger partial charge in [0.05, 0.1) is 23.3 Å². The summed E-state index contributed by atoms with van der Waals surface area (Å²) < 4.78 is 5.42. The summed E-state index contributed by atoms with van der Waals surface area (Å²) in [6.07, 6.45) is 6.23. The van der Waals surface area contributed by atoms with E-state index >= 15 is 0 Å². The highest BCUT2D eigenvalue weighted by Gasteiger charge is 2.22. The lowest BCUT2D eigenvalue weighted by Gasteiger charge is -2.21. The number of anilines is 1. The van der Waals surface area contributed by atoms with Crippen molar-refractivity contribution < 1.29 is 19.1 Å². The lowest BCUT2D eigenvalue weighted by molar-refractivity contribution is -0.128. The quantitative estimate of drug-likeness (QED) is 0.411. The van der Waals surface area contributed by atoms with Crippen LogP contribution in [0.4, 0.5) is 5.69 Å². The van der Waals surface area contributed by atoms with Gasteiger partial charge in [0.15, 0.2) is 5.78 Å². The summed E-state index contributed by atoms with van der Waals surface area (Å²) in [6.45, 7) is 5.81. The van der Waals surface area contributed by atoms with Crippen LogP contribution in [-0.4, -0.2) is 24.7 Å². The number of amides is 2. The summed E-state index contributed by atoms with van der Waals surface area (Å²) in [7, 11) is 1.54. The van der Waals surface area contributed by atoms with Crippen LogP contribution >= 0.6 is 11.6 Å². The standard InChI is InChI=1S/C28H35ClN2O4/c1-28(2,3)27(34)30-17-19-10-12-23(29)21(14-19)26(33)31-20-11-13-25(35-4)22(16-20)24(32)15-18-8-6-5-7-9-18/h10-14,16,18H,5-9,15,17H2,1-4H3,(H,30,34)(H,31,33). The Bertz CT molecular complexity index is 1080. The number of methoxy groups -OCH3 is 1. The Labute approximate surface area is 212 Å². The number of nitrogens with one attached hydrogen (secondary N) is 2. The van der Waals surface area contributed by atoms with E-state index in [0.29, 0.717) is 39.9 Å². The van der Waals surface area contributed by atoms with Crippen molar-refractivity contribution in [1.29, 1.82) is 0 Å². The van der Waals surface area contributed by atoms with Gasteiger partial charge in [-0.15, -0.1) is 0 Å². The molecular formula is C28H35ClN2O4. The number of ether oxygens (including phenoxy) is 1. The normalized spacial score (nSPS) is 14.3. The maximum absolute atomic E-state index is 13.0. The van der Waals surface area contributed by atoms with Gasteiger partial charge >= 0.3 is 0 Å². The second-order valence-corrected chi connectivity index (χ2v) is 10.7. The van der Waals surface area contributed by atoms with E-state index in [4.69, 9.17) is 16.3 Å².